The standard InChI is InChI=1S/C9H19N3O2S/c1-7(10)12(3)4-5-15-6-9(2,11)8(13)14/h10H,4-6,11H2,1-3H3,(H,13,14)/t9-/m0/s1. The number of hydrogen-bond donors (Lipinski definition) is 3. The van der Waals surface area contributed by atoms with E-state index in [1.165, 1.54) is 18.7 Å². The second kappa shape index (κ2) is 5.97. The minimum absolute atomic E-state index is 0.382. The maximum Gasteiger partial charge on any atom is 0.324 e. The lowest BCUT2D eigenvalue weighted by atomic mass is 10.1. The summed E-state index contributed by atoms with van der Waals surface area (Å²) >= 11 is 1.49. The van der Waals surface area contributed by atoms with Crippen LogP contribution in [0.25, 0.3) is 0 Å². The van der Waals surface area contributed by atoms with E-state index in [9.17, 15) is 4.79 Å². The molecule has 5 nitrogen and oxygen atoms in total. The molecule has 0 aliphatic heterocycles. The zero-order valence-electron chi connectivity index (χ0n) is 9.41. The number of carbonyl (C=O) groups is 1. The van der Waals surface area contributed by atoms with Gasteiger partial charge in [-0.05, 0) is 13.8 Å². The van der Waals surface area contributed by atoms with Crippen LogP contribution in [0.15, 0.2) is 0 Å². The highest BCUT2D eigenvalue weighted by Gasteiger charge is 2.27. The van der Waals surface area contributed by atoms with E-state index in [-0.39, 0.29) is 0 Å². The SMILES string of the molecule is CC(=N)N(C)CCSC[C@](C)(N)C(=O)O. The van der Waals surface area contributed by atoms with Gasteiger partial charge in [0.25, 0.3) is 0 Å². The molecule has 0 amide bonds. The van der Waals surface area contributed by atoms with Crippen molar-refractivity contribution in [2.24, 2.45) is 5.73 Å². The van der Waals surface area contributed by atoms with Gasteiger partial charge in [-0.2, -0.15) is 11.8 Å². The monoisotopic (exact) mass is 233 g/mol. The molecule has 0 saturated carbocycles. The molecule has 0 aromatic rings. The molecule has 4 N–H and O–H groups in total. The van der Waals surface area contributed by atoms with E-state index in [0.717, 1.165) is 12.3 Å². The van der Waals surface area contributed by atoms with Gasteiger partial charge in [0.15, 0.2) is 0 Å². The van der Waals surface area contributed by atoms with Crippen molar-refractivity contribution in [3.05, 3.63) is 0 Å². The molecule has 0 fully saturated rings. The van der Waals surface area contributed by atoms with Crippen LogP contribution in [0.2, 0.25) is 0 Å². The Kier molecular flexibility index (Phi) is 5.67. The van der Waals surface area contributed by atoms with E-state index < -0.39 is 11.5 Å². The maximum absolute atomic E-state index is 10.7. The number of carboxylic acid groups (broad SMARTS) is 1. The Labute approximate surface area is 94.5 Å². The number of nitrogens with one attached hydrogen (secondary N) is 1. The third-order valence-electron chi connectivity index (χ3n) is 2.03. The van der Waals surface area contributed by atoms with Crippen LogP contribution in [-0.4, -0.2) is 52.4 Å². The summed E-state index contributed by atoms with van der Waals surface area (Å²) in [6.45, 7) is 3.96. The first-order valence-electron chi connectivity index (χ1n) is 4.63. The summed E-state index contributed by atoms with van der Waals surface area (Å²) in [6, 6.07) is 0. The molecule has 0 aliphatic rings. The molecule has 15 heavy (non-hydrogen) atoms. The summed E-state index contributed by atoms with van der Waals surface area (Å²) in [6.07, 6.45) is 0. The fourth-order valence-electron chi connectivity index (χ4n) is 0.715. The summed E-state index contributed by atoms with van der Waals surface area (Å²) < 4.78 is 0. The molecule has 0 aliphatic carbocycles. The summed E-state index contributed by atoms with van der Waals surface area (Å²) in [5, 5.41) is 16.1. The van der Waals surface area contributed by atoms with Crippen LogP contribution < -0.4 is 5.73 Å². The van der Waals surface area contributed by atoms with Crippen molar-refractivity contribution in [1.29, 1.82) is 5.41 Å². The highest BCUT2D eigenvalue weighted by atomic mass is 32.2. The fourth-order valence-corrected chi connectivity index (χ4v) is 1.81. The van der Waals surface area contributed by atoms with Crippen LogP contribution >= 0.6 is 11.8 Å². The molecule has 0 rings (SSSR count). The van der Waals surface area contributed by atoms with Gasteiger partial charge in [-0.15, -0.1) is 0 Å². The minimum atomic E-state index is -1.16. The van der Waals surface area contributed by atoms with Crippen molar-refractivity contribution in [2.45, 2.75) is 19.4 Å². The van der Waals surface area contributed by atoms with E-state index in [2.05, 4.69) is 0 Å². The summed E-state index contributed by atoms with van der Waals surface area (Å²) in [4.78, 5) is 12.5. The van der Waals surface area contributed by atoms with Gasteiger partial charge in [-0.3, -0.25) is 10.2 Å². The lowest BCUT2D eigenvalue weighted by molar-refractivity contribution is -0.141. The third-order valence-corrected chi connectivity index (χ3v) is 3.31. The Morgan fingerprint density at radius 2 is 2.20 bits per heavy atom. The molecule has 88 valence electrons. The molecule has 0 saturated heterocycles. The molecule has 0 unspecified atom stereocenters. The van der Waals surface area contributed by atoms with Crippen molar-refractivity contribution in [2.75, 3.05) is 25.1 Å². The van der Waals surface area contributed by atoms with E-state index >= 15 is 0 Å². The predicted octanol–water partition coefficient (Wildman–Crippen LogP) is 0.451. The Morgan fingerprint density at radius 1 is 1.67 bits per heavy atom. The number of nitrogens with zero attached hydrogens (tertiary/aromatic N) is 1. The first kappa shape index (κ1) is 14.2. The van der Waals surface area contributed by atoms with E-state index in [0.29, 0.717) is 11.6 Å². The quantitative estimate of drug-likeness (QED) is 0.352. The summed E-state index contributed by atoms with van der Waals surface area (Å²) in [5.74, 6) is 0.677. The van der Waals surface area contributed by atoms with Gasteiger partial charge in [0.05, 0.1) is 5.84 Å². The third kappa shape index (κ3) is 5.64. The zero-order chi connectivity index (χ0) is 12.1. The van der Waals surface area contributed by atoms with Crippen LogP contribution in [0.3, 0.4) is 0 Å². The Hall–Kier alpha value is -0.750. The molecule has 0 radical (unpaired) electrons. The van der Waals surface area contributed by atoms with Gasteiger partial charge in [0, 0.05) is 25.1 Å². The highest BCUT2D eigenvalue weighted by molar-refractivity contribution is 7.99. The predicted molar refractivity (Wildman–Crippen MR) is 63.6 cm³/mol. The number of rotatable bonds is 6. The van der Waals surface area contributed by atoms with Crippen LogP contribution in [0, 0.1) is 5.41 Å². The fraction of sp³-hybridized carbons (Fsp3) is 0.778. The highest BCUT2D eigenvalue weighted by Crippen LogP contribution is 2.10. The Morgan fingerprint density at radius 3 is 2.60 bits per heavy atom. The molecular formula is C9H19N3O2S. The molecule has 0 spiro atoms. The number of aliphatic carboxylic acids is 1. The Balaban J connectivity index is 3.72. The van der Waals surface area contributed by atoms with Crippen molar-refractivity contribution in [3.63, 3.8) is 0 Å². The largest absolute Gasteiger partial charge is 0.480 e. The molecule has 0 bridgehead atoms. The molecule has 1 atom stereocenters. The van der Waals surface area contributed by atoms with Crippen LogP contribution in [0.1, 0.15) is 13.8 Å². The van der Waals surface area contributed by atoms with Gasteiger partial charge < -0.3 is 15.7 Å². The second-order valence-corrected chi connectivity index (χ2v) is 4.89. The van der Waals surface area contributed by atoms with Gasteiger partial charge in [-0.1, -0.05) is 0 Å². The molecule has 0 aromatic heterocycles. The minimum Gasteiger partial charge on any atom is -0.480 e. The first-order chi connectivity index (χ1) is 6.77. The van der Waals surface area contributed by atoms with Crippen LogP contribution in [-0.2, 0) is 4.79 Å². The van der Waals surface area contributed by atoms with E-state index in [4.69, 9.17) is 16.2 Å². The lowest BCUT2D eigenvalue weighted by Crippen LogP contribution is -2.47. The van der Waals surface area contributed by atoms with Crippen molar-refractivity contribution in [3.8, 4) is 0 Å². The van der Waals surface area contributed by atoms with E-state index in [1.807, 2.05) is 11.9 Å². The van der Waals surface area contributed by atoms with Crippen molar-refractivity contribution < 1.29 is 9.90 Å². The van der Waals surface area contributed by atoms with Gasteiger partial charge in [0.1, 0.15) is 5.54 Å². The number of carboxylic acids is 1. The van der Waals surface area contributed by atoms with Gasteiger partial charge in [0.2, 0.25) is 0 Å². The Bertz CT molecular complexity index is 244. The number of nitrogens with two attached hydrogens (primary N) is 1. The molecule has 0 heterocycles. The average molecular weight is 233 g/mol. The van der Waals surface area contributed by atoms with E-state index in [1.54, 1.807) is 6.92 Å². The number of thioether (sulfide) groups is 1. The molecule has 0 aromatic carbocycles. The first-order valence-corrected chi connectivity index (χ1v) is 5.79. The van der Waals surface area contributed by atoms with Crippen LogP contribution in [0.4, 0.5) is 0 Å². The topological polar surface area (TPSA) is 90.4 Å². The maximum atomic E-state index is 10.7. The average Bonchev–Trinajstić information content (AvgIpc) is 2.11. The molecular weight excluding hydrogens is 214 g/mol. The lowest BCUT2D eigenvalue weighted by Gasteiger charge is -2.20. The zero-order valence-corrected chi connectivity index (χ0v) is 10.2. The van der Waals surface area contributed by atoms with Crippen LogP contribution in [0.5, 0.6) is 0 Å². The normalized spacial score (nSPS) is 14.4. The number of amidine groups is 1. The summed E-state index contributed by atoms with van der Waals surface area (Å²) in [7, 11) is 1.84. The van der Waals surface area contributed by atoms with Crippen molar-refractivity contribution >= 4 is 23.6 Å². The second-order valence-electron chi connectivity index (χ2n) is 3.78. The van der Waals surface area contributed by atoms with Gasteiger partial charge >= 0.3 is 5.97 Å². The summed E-state index contributed by atoms with van der Waals surface area (Å²) in [5.41, 5.74) is 4.40. The number of hydrogen-bond acceptors (Lipinski definition) is 4. The smallest absolute Gasteiger partial charge is 0.324 e. The van der Waals surface area contributed by atoms with Gasteiger partial charge in [-0.25, -0.2) is 0 Å². The van der Waals surface area contributed by atoms with Crippen molar-refractivity contribution in [1.82, 2.24) is 4.90 Å². The molecule has 6 heteroatoms.